The number of hydroxylamine groups is 1. The summed E-state index contributed by atoms with van der Waals surface area (Å²) in [5.74, 6) is 0.516. The highest BCUT2D eigenvalue weighted by molar-refractivity contribution is 7.89. The molecule has 0 aromatic heterocycles. The monoisotopic (exact) mass is 589 g/mol. The van der Waals surface area contributed by atoms with Gasteiger partial charge in [0.25, 0.3) is 0 Å². The van der Waals surface area contributed by atoms with Gasteiger partial charge in [0, 0.05) is 41.8 Å². The lowest BCUT2D eigenvalue weighted by Gasteiger charge is -2.30. The molecule has 0 saturated carbocycles. The molecule has 2 aromatic carbocycles. The topological polar surface area (TPSA) is 130 Å². The number of fused-ring (bicyclic) bond motifs is 1. The summed E-state index contributed by atoms with van der Waals surface area (Å²) in [6, 6.07) is 9.81. The van der Waals surface area contributed by atoms with Crippen molar-refractivity contribution in [1.82, 2.24) is 15.1 Å². The first-order chi connectivity index (χ1) is 18.3. The van der Waals surface area contributed by atoms with E-state index in [0.29, 0.717) is 61.5 Å². The highest BCUT2D eigenvalue weighted by Gasteiger charge is 2.41. The van der Waals surface area contributed by atoms with Crippen molar-refractivity contribution in [2.75, 3.05) is 52.6 Å². The SMILES string of the molecule is O=S(=O)(NCCOCCOCCNO)c1ccc(O[C@H]2c3cc(Cl)cc(Cl)c3C[C@@H]2N2CC[C@@H](O)C2)cc1. The number of benzene rings is 2. The summed E-state index contributed by atoms with van der Waals surface area (Å²) in [5.41, 5.74) is 3.87. The Morgan fingerprint density at radius 2 is 1.74 bits per heavy atom. The molecule has 0 amide bonds. The molecular weight excluding hydrogens is 557 g/mol. The molecule has 3 atom stereocenters. The summed E-state index contributed by atoms with van der Waals surface area (Å²) in [4.78, 5) is 2.32. The van der Waals surface area contributed by atoms with Crippen LogP contribution in [0.4, 0.5) is 0 Å². The number of nitrogens with one attached hydrogen (secondary N) is 2. The van der Waals surface area contributed by atoms with Gasteiger partial charge in [0.05, 0.1) is 43.5 Å². The van der Waals surface area contributed by atoms with E-state index in [2.05, 4.69) is 9.62 Å². The third-order valence-electron chi connectivity index (χ3n) is 6.59. The Hall–Kier alpha value is -1.51. The van der Waals surface area contributed by atoms with Crippen LogP contribution in [0.3, 0.4) is 0 Å². The number of hydrogen-bond donors (Lipinski definition) is 4. The Morgan fingerprint density at radius 3 is 2.39 bits per heavy atom. The van der Waals surface area contributed by atoms with E-state index >= 15 is 0 Å². The number of sulfonamides is 1. The summed E-state index contributed by atoms with van der Waals surface area (Å²) >= 11 is 12.8. The van der Waals surface area contributed by atoms with E-state index in [9.17, 15) is 13.5 Å². The zero-order valence-electron chi connectivity index (χ0n) is 20.8. The van der Waals surface area contributed by atoms with Crippen LogP contribution >= 0.6 is 23.2 Å². The summed E-state index contributed by atoms with van der Waals surface area (Å²) in [5, 5.41) is 19.6. The molecule has 0 radical (unpaired) electrons. The van der Waals surface area contributed by atoms with Crippen molar-refractivity contribution in [1.29, 1.82) is 0 Å². The van der Waals surface area contributed by atoms with Crippen molar-refractivity contribution in [2.24, 2.45) is 0 Å². The van der Waals surface area contributed by atoms with Gasteiger partial charge in [-0.05, 0) is 54.8 Å². The minimum atomic E-state index is -3.72. The molecule has 0 unspecified atom stereocenters. The first-order valence-corrected chi connectivity index (χ1v) is 14.7. The van der Waals surface area contributed by atoms with Crippen LogP contribution < -0.4 is 14.9 Å². The largest absolute Gasteiger partial charge is 0.484 e. The number of rotatable bonds is 14. The quantitative estimate of drug-likeness (QED) is 0.194. The van der Waals surface area contributed by atoms with Crippen LogP contribution in [0.25, 0.3) is 0 Å². The number of β-amino-alcohol motifs (C(OH)–C–C–N with tert-alkyl or cyclic N) is 1. The molecule has 1 heterocycles. The number of nitrogens with zero attached hydrogens (tertiary/aromatic N) is 1. The lowest BCUT2D eigenvalue weighted by atomic mass is 10.1. The first-order valence-electron chi connectivity index (χ1n) is 12.5. The Bertz CT molecular complexity index is 1170. The average molecular weight is 591 g/mol. The molecule has 210 valence electrons. The lowest BCUT2D eigenvalue weighted by molar-refractivity contribution is 0.0388. The van der Waals surface area contributed by atoms with Gasteiger partial charge in [-0.25, -0.2) is 18.6 Å². The molecule has 2 aromatic rings. The molecule has 0 bridgehead atoms. The highest BCUT2D eigenvalue weighted by Crippen LogP contribution is 2.43. The Morgan fingerprint density at radius 1 is 1.03 bits per heavy atom. The van der Waals surface area contributed by atoms with Crippen molar-refractivity contribution in [3.05, 3.63) is 57.6 Å². The molecule has 4 N–H and O–H groups in total. The van der Waals surface area contributed by atoms with E-state index in [1.807, 2.05) is 11.5 Å². The third kappa shape index (κ3) is 7.57. The molecule has 1 aliphatic heterocycles. The maximum absolute atomic E-state index is 12.7. The van der Waals surface area contributed by atoms with Gasteiger partial charge in [0.15, 0.2) is 0 Å². The van der Waals surface area contributed by atoms with Gasteiger partial charge in [-0.15, -0.1) is 0 Å². The zero-order valence-corrected chi connectivity index (χ0v) is 23.1. The summed E-state index contributed by atoms with van der Waals surface area (Å²) < 4.78 is 44.8. The minimum Gasteiger partial charge on any atom is -0.484 e. The number of hydrogen-bond acceptors (Lipinski definition) is 9. The Kier molecular flexibility index (Phi) is 10.6. The van der Waals surface area contributed by atoms with E-state index in [4.69, 9.17) is 42.6 Å². The van der Waals surface area contributed by atoms with Crippen molar-refractivity contribution in [3.8, 4) is 5.75 Å². The normalized spacial score (nSPS) is 21.6. The van der Waals surface area contributed by atoms with Crippen LogP contribution in [0.5, 0.6) is 5.75 Å². The van der Waals surface area contributed by atoms with Gasteiger partial charge in [-0.3, -0.25) is 4.90 Å². The molecule has 38 heavy (non-hydrogen) atoms. The van der Waals surface area contributed by atoms with Gasteiger partial charge in [-0.2, -0.15) is 0 Å². The molecule has 1 aliphatic carbocycles. The molecule has 1 saturated heterocycles. The van der Waals surface area contributed by atoms with Crippen LogP contribution in [0, 0.1) is 0 Å². The second-order valence-electron chi connectivity index (χ2n) is 9.20. The number of halogens is 2. The molecule has 1 fully saturated rings. The summed E-state index contributed by atoms with van der Waals surface area (Å²) in [6.45, 7) is 2.96. The van der Waals surface area contributed by atoms with E-state index in [1.54, 1.807) is 18.2 Å². The molecule has 0 spiro atoms. The Labute approximate surface area is 232 Å². The van der Waals surface area contributed by atoms with E-state index in [-0.39, 0.29) is 36.3 Å². The van der Waals surface area contributed by atoms with Crippen molar-refractivity contribution < 1.29 is 32.9 Å². The second-order valence-corrected chi connectivity index (χ2v) is 11.8. The standard InChI is InChI=1S/C25H33Cl2N3O7S/c26-17-13-22-21(23(27)14-17)15-24(30-8-5-18(31)16-30)25(22)37-19-1-3-20(4-2-19)38(33,34)29-7-10-36-12-11-35-9-6-28-32/h1-4,13-14,18,24-25,28-29,31-32H,5-12,15-16H2/t18-,24+,25+/m1/s1. The fourth-order valence-electron chi connectivity index (χ4n) is 4.76. The van der Waals surface area contributed by atoms with Gasteiger partial charge in [0.1, 0.15) is 11.9 Å². The van der Waals surface area contributed by atoms with Crippen molar-refractivity contribution >= 4 is 33.2 Å². The van der Waals surface area contributed by atoms with Crippen LogP contribution in [-0.4, -0.2) is 88.4 Å². The predicted molar refractivity (Wildman–Crippen MR) is 143 cm³/mol. The number of ether oxygens (including phenoxy) is 3. The van der Waals surface area contributed by atoms with Gasteiger partial charge < -0.3 is 24.5 Å². The van der Waals surface area contributed by atoms with Gasteiger partial charge in [0.2, 0.25) is 10.0 Å². The zero-order chi connectivity index (χ0) is 27.1. The number of aliphatic hydroxyl groups excluding tert-OH is 1. The minimum absolute atomic E-state index is 0.0278. The van der Waals surface area contributed by atoms with Crippen LogP contribution in [0.1, 0.15) is 23.7 Å². The number of likely N-dealkylation sites (tertiary alicyclic amines) is 1. The van der Waals surface area contributed by atoms with Crippen LogP contribution in [0.2, 0.25) is 10.0 Å². The smallest absolute Gasteiger partial charge is 0.240 e. The lowest BCUT2D eigenvalue weighted by Crippen LogP contribution is -2.39. The Balaban J connectivity index is 1.35. The molecular formula is C25H33Cl2N3O7S. The molecule has 10 nitrogen and oxygen atoms in total. The average Bonchev–Trinajstić information content (AvgIpc) is 3.47. The fraction of sp³-hybridized carbons (Fsp3) is 0.520. The van der Waals surface area contributed by atoms with E-state index < -0.39 is 10.0 Å². The van der Waals surface area contributed by atoms with E-state index in [0.717, 1.165) is 17.7 Å². The summed E-state index contributed by atoms with van der Waals surface area (Å²) in [6.07, 6.45) is 0.638. The van der Waals surface area contributed by atoms with Crippen molar-refractivity contribution in [3.63, 3.8) is 0 Å². The second kappa shape index (κ2) is 13.7. The highest BCUT2D eigenvalue weighted by atomic mass is 35.5. The predicted octanol–water partition coefficient (Wildman–Crippen LogP) is 2.40. The maximum atomic E-state index is 12.7. The maximum Gasteiger partial charge on any atom is 0.240 e. The van der Waals surface area contributed by atoms with Crippen molar-refractivity contribution in [2.45, 2.75) is 36.0 Å². The van der Waals surface area contributed by atoms with Crippen LogP contribution in [-0.2, 0) is 25.9 Å². The van der Waals surface area contributed by atoms with Gasteiger partial charge in [-0.1, -0.05) is 23.2 Å². The fourth-order valence-corrected chi connectivity index (χ4v) is 6.36. The van der Waals surface area contributed by atoms with Gasteiger partial charge >= 0.3 is 0 Å². The first kappa shape index (κ1) is 29.5. The molecule has 2 aliphatic rings. The van der Waals surface area contributed by atoms with Crippen LogP contribution in [0.15, 0.2) is 41.3 Å². The number of aliphatic hydroxyl groups is 1. The molecule has 13 heteroatoms. The van der Waals surface area contributed by atoms with E-state index in [1.165, 1.54) is 12.1 Å². The third-order valence-corrected chi connectivity index (χ3v) is 8.63. The summed E-state index contributed by atoms with van der Waals surface area (Å²) in [7, 11) is -3.72. The molecule has 4 rings (SSSR count).